The Balaban J connectivity index is 2.46. The van der Waals surface area contributed by atoms with E-state index >= 15 is 0 Å². The lowest BCUT2D eigenvalue weighted by molar-refractivity contribution is 0.566. The number of hydrogen-bond acceptors (Lipinski definition) is 3. The molecule has 2 aromatic carbocycles. The first-order valence-electron chi connectivity index (χ1n) is 5.93. The van der Waals surface area contributed by atoms with Crippen molar-refractivity contribution in [3.8, 4) is 0 Å². The number of benzene rings is 2. The predicted molar refractivity (Wildman–Crippen MR) is 77.6 cm³/mol. The van der Waals surface area contributed by atoms with Gasteiger partial charge in [0, 0.05) is 12.7 Å². The van der Waals surface area contributed by atoms with Crippen LogP contribution in [0.2, 0.25) is 0 Å². The lowest BCUT2D eigenvalue weighted by Crippen LogP contribution is -2.27. The molecule has 0 fully saturated rings. The molecule has 4 nitrogen and oxygen atoms in total. The van der Waals surface area contributed by atoms with Gasteiger partial charge in [0.05, 0.1) is 5.69 Å². The molecule has 0 heterocycles. The molecule has 0 aliphatic carbocycles. The van der Waals surface area contributed by atoms with E-state index in [1.807, 2.05) is 6.92 Å². The molecule has 0 spiro atoms. The zero-order valence-corrected chi connectivity index (χ0v) is 12.0. The van der Waals surface area contributed by atoms with E-state index < -0.39 is 20.7 Å². The molecule has 0 radical (unpaired) electrons. The van der Waals surface area contributed by atoms with E-state index in [-0.39, 0.29) is 5.69 Å². The van der Waals surface area contributed by atoms with Gasteiger partial charge in [-0.25, -0.2) is 12.8 Å². The van der Waals surface area contributed by atoms with Gasteiger partial charge in [0.2, 0.25) is 0 Å². The van der Waals surface area contributed by atoms with Crippen molar-refractivity contribution >= 4 is 21.4 Å². The predicted octanol–water partition coefficient (Wildman–Crippen LogP) is 2.54. The Hall–Kier alpha value is -2.08. The molecule has 0 unspecified atom stereocenters. The SMILES string of the molecule is Cc1ccc(N(C)S(=O)(=O)c2ccc(N)cc2F)cc1. The third-order valence-corrected chi connectivity index (χ3v) is 4.81. The van der Waals surface area contributed by atoms with Crippen LogP contribution in [0.4, 0.5) is 15.8 Å². The summed E-state index contributed by atoms with van der Waals surface area (Å²) < 4.78 is 39.6. The largest absolute Gasteiger partial charge is 0.399 e. The maximum Gasteiger partial charge on any atom is 0.266 e. The lowest BCUT2D eigenvalue weighted by Gasteiger charge is -2.20. The second-order valence-electron chi connectivity index (χ2n) is 4.50. The summed E-state index contributed by atoms with van der Waals surface area (Å²) in [7, 11) is -2.56. The van der Waals surface area contributed by atoms with Crippen LogP contribution in [0.1, 0.15) is 5.56 Å². The standard InChI is InChI=1S/C14H15FN2O2S/c1-10-3-6-12(7-4-10)17(2)20(18,19)14-8-5-11(16)9-13(14)15/h3-9H,16H2,1-2H3. The number of nitrogen functional groups attached to an aromatic ring is 1. The minimum atomic E-state index is -3.95. The van der Waals surface area contributed by atoms with E-state index in [4.69, 9.17) is 5.73 Å². The zero-order chi connectivity index (χ0) is 14.9. The Morgan fingerprint density at radius 1 is 1.10 bits per heavy atom. The van der Waals surface area contributed by atoms with E-state index in [0.717, 1.165) is 15.9 Å². The highest BCUT2D eigenvalue weighted by Gasteiger charge is 2.24. The molecule has 0 bridgehead atoms. The Kier molecular flexibility index (Phi) is 3.67. The highest BCUT2D eigenvalue weighted by Crippen LogP contribution is 2.25. The number of anilines is 2. The third kappa shape index (κ3) is 2.60. The summed E-state index contributed by atoms with van der Waals surface area (Å²) in [5.74, 6) is -0.857. The summed E-state index contributed by atoms with van der Waals surface area (Å²) >= 11 is 0. The van der Waals surface area contributed by atoms with Crippen LogP contribution in [0.15, 0.2) is 47.4 Å². The van der Waals surface area contributed by atoms with Crippen LogP contribution in [0.3, 0.4) is 0 Å². The Bertz CT molecular complexity index is 727. The molecule has 2 rings (SSSR count). The minimum Gasteiger partial charge on any atom is -0.399 e. The first-order valence-corrected chi connectivity index (χ1v) is 7.37. The Morgan fingerprint density at radius 2 is 1.70 bits per heavy atom. The number of hydrogen-bond donors (Lipinski definition) is 1. The van der Waals surface area contributed by atoms with Gasteiger partial charge in [0.25, 0.3) is 10.0 Å². The van der Waals surface area contributed by atoms with Crippen molar-refractivity contribution in [2.45, 2.75) is 11.8 Å². The van der Waals surface area contributed by atoms with Crippen LogP contribution < -0.4 is 10.0 Å². The number of rotatable bonds is 3. The maximum atomic E-state index is 13.8. The van der Waals surface area contributed by atoms with Gasteiger partial charge in [0.15, 0.2) is 0 Å². The average Bonchev–Trinajstić information content (AvgIpc) is 2.38. The van der Waals surface area contributed by atoms with Gasteiger partial charge < -0.3 is 5.73 Å². The summed E-state index contributed by atoms with van der Waals surface area (Å²) in [5.41, 5.74) is 7.08. The van der Waals surface area contributed by atoms with E-state index in [1.165, 1.54) is 19.2 Å². The van der Waals surface area contributed by atoms with E-state index in [9.17, 15) is 12.8 Å². The van der Waals surface area contributed by atoms with E-state index in [0.29, 0.717) is 5.69 Å². The maximum absolute atomic E-state index is 13.8. The smallest absolute Gasteiger partial charge is 0.266 e. The molecule has 0 aromatic heterocycles. The summed E-state index contributed by atoms with van der Waals surface area (Å²) in [6, 6.07) is 10.4. The highest BCUT2D eigenvalue weighted by atomic mass is 32.2. The number of sulfonamides is 1. The van der Waals surface area contributed by atoms with Crippen LogP contribution in [0.25, 0.3) is 0 Å². The van der Waals surface area contributed by atoms with Crippen molar-refractivity contribution in [1.82, 2.24) is 0 Å². The quantitative estimate of drug-likeness (QED) is 0.885. The second kappa shape index (κ2) is 5.13. The van der Waals surface area contributed by atoms with Crippen LogP contribution >= 0.6 is 0 Å². The summed E-state index contributed by atoms with van der Waals surface area (Å²) in [4.78, 5) is -0.394. The molecule has 106 valence electrons. The average molecular weight is 294 g/mol. The molecule has 0 aliphatic rings. The van der Waals surface area contributed by atoms with Gasteiger partial charge in [0.1, 0.15) is 10.7 Å². The van der Waals surface area contributed by atoms with Crippen molar-refractivity contribution in [2.24, 2.45) is 0 Å². The summed E-state index contributed by atoms with van der Waals surface area (Å²) in [6.07, 6.45) is 0. The van der Waals surface area contributed by atoms with Crippen molar-refractivity contribution in [3.63, 3.8) is 0 Å². The molecule has 0 atom stereocenters. The van der Waals surface area contributed by atoms with Gasteiger partial charge >= 0.3 is 0 Å². The monoisotopic (exact) mass is 294 g/mol. The number of nitrogens with zero attached hydrogens (tertiary/aromatic N) is 1. The third-order valence-electron chi connectivity index (χ3n) is 2.99. The highest BCUT2D eigenvalue weighted by molar-refractivity contribution is 7.92. The van der Waals surface area contributed by atoms with Gasteiger partial charge in [-0.1, -0.05) is 17.7 Å². The topological polar surface area (TPSA) is 63.4 Å². The fraction of sp³-hybridized carbons (Fsp3) is 0.143. The summed E-state index contributed by atoms with van der Waals surface area (Å²) in [6.45, 7) is 1.90. The molecule has 0 amide bonds. The fourth-order valence-electron chi connectivity index (χ4n) is 1.77. The molecule has 0 aliphatic heterocycles. The fourth-order valence-corrected chi connectivity index (χ4v) is 3.01. The molecule has 2 N–H and O–H groups in total. The van der Waals surface area contributed by atoms with Gasteiger partial charge in [-0.15, -0.1) is 0 Å². The molecular weight excluding hydrogens is 279 g/mol. The Morgan fingerprint density at radius 3 is 2.25 bits per heavy atom. The molecule has 2 aromatic rings. The molecule has 0 saturated carbocycles. The van der Waals surface area contributed by atoms with Crippen molar-refractivity contribution in [2.75, 3.05) is 17.1 Å². The number of nitrogens with two attached hydrogens (primary N) is 1. The van der Waals surface area contributed by atoms with Gasteiger partial charge in [-0.05, 0) is 37.3 Å². The summed E-state index contributed by atoms with van der Waals surface area (Å²) in [5, 5.41) is 0. The van der Waals surface area contributed by atoms with Crippen molar-refractivity contribution in [1.29, 1.82) is 0 Å². The van der Waals surface area contributed by atoms with E-state index in [1.54, 1.807) is 24.3 Å². The molecule has 0 saturated heterocycles. The van der Waals surface area contributed by atoms with Crippen molar-refractivity contribution in [3.05, 3.63) is 53.8 Å². The van der Waals surface area contributed by atoms with Crippen LogP contribution in [-0.2, 0) is 10.0 Å². The van der Waals surface area contributed by atoms with Crippen LogP contribution in [0, 0.1) is 12.7 Å². The first-order chi connectivity index (χ1) is 9.32. The normalized spacial score (nSPS) is 11.3. The second-order valence-corrected chi connectivity index (χ2v) is 6.44. The number of aryl methyl sites for hydroxylation is 1. The van der Waals surface area contributed by atoms with E-state index in [2.05, 4.69) is 0 Å². The first kappa shape index (κ1) is 14.3. The van der Waals surface area contributed by atoms with Crippen LogP contribution in [-0.4, -0.2) is 15.5 Å². The lowest BCUT2D eigenvalue weighted by atomic mass is 10.2. The van der Waals surface area contributed by atoms with Crippen molar-refractivity contribution < 1.29 is 12.8 Å². The molecular formula is C14H15FN2O2S. The van der Waals surface area contributed by atoms with Gasteiger partial charge in [-0.2, -0.15) is 0 Å². The minimum absolute atomic E-state index is 0.180. The molecule has 20 heavy (non-hydrogen) atoms. The van der Waals surface area contributed by atoms with Crippen LogP contribution in [0.5, 0.6) is 0 Å². The number of halogens is 1. The van der Waals surface area contributed by atoms with Gasteiger partial charge in [-0.3, -0.25) is 4.31 Å². The Labute approximate surface area is 117 Å². The molecule has 6 heteroatoms. The zero-order valence-electron chi connectivity index (χ0n) is 11.2.